The lowest BCUT2D eigenvalue weighted by atomic mass is 10.0. The maximum Gasteiger partial charge on any atom is 0.305 e. The maximum absolute atomic E-state index is 12.3. The van der Waals surface area contributed by atoms with Crippen LogP contribution in [0.5, 0.6) is 5.75 Å². The van der Waals surface area contributed by atoms with Gasteiger partial charge in [-0.1, -0.05) is 0 Å². The quantitative estimate of drug-likeness (QED) is 0.590. The Kier molecular flexibility index (Phi) is 6.84. The van der Waals surface area contributed by atoms with Gasteiger partial charge in [0, 0.05) is 12.1 Å². The van der Waals surface area contributed by atoms with Crippen LogP contribution in [0.2, 0.25) is 0 Å². The van der Waals surface area contributed by atoms with E-state index in [2.05, 4.69) is 5.32 Å². The fourth-order valence-corrected chi connectivity index (χ4v) is 1.83. The molecule has 2 atom stereocenters. The van der Waals surface area contributed by atoms with Gasteiger partial charge in [-0.3, -0.25) is 9.59 Å². The summed E-state index contributed by atoms with van der Waals surface area (Å²) in [6.45, 7) is 4.11. The first-order valence-corrected chi connectivity index (χ1v) is 6.84. The first kappa shape index (κ1) is 17.1. The van der Waals surface area contributed by atoms with E-state index in [0.29, 0.717) is 17.9 Å². The standard InChI is InChI=1S/C15H21NO5/c1-3-21-12-6-4-11(5-7-12)15(20)13(8-14(18)19)16-9-10(2)17/h4-7,10,13,16-17H,3,8-9H2,1-2H3,(H,18,19). The summed E-state index contributed by atoms with van der Waals surface area (Å²) in [6.07, 6.45) is -0.992. The van der Waals surface area contributed by atoms with Crippen molar-refractivity contribution < 1.29 is 24.5 Å². The van der Waals surface area contributed by atoms with Crippen LogP contribution < -0.4 is 10.1 Å². The molecule has 0 fully saturated rings. The molecule has 0 amide bonds. The Balaban J connectivity index is 2.80. The number of aliphatic carboxylic acids is 1. The van der Waals surface area contributed by atoms with E-state index >= 15 is 0 Å². The third kappa shape index (κ3) is 5.93. The zero-order valence-electron chi connectivity index (χ0n) is 12.2. The van der Waals surface area contributed by atoms with Crippen molar-refractivity contribution in [3.05, 3.63) is 29.8 Å². The Bertz CT molecular complexity index is 469. The first-order chi connectivity index (χ1) is 9.93. The van der Waals surface area contributed by atoms with Crippen LogP contribution in [0.25, 0.3) is 0 Å². The molecule has 0 aliphatic rings. The van der Waals surface area contributed by atoms with E-state index in [-0.39, 0.29) is 18.7 Å². The third-order valence-electron chi connectivity index (χ3n) is 2.80. The average molecular weight is 295 g/mol. The van der Waals surface area contributed by atoms with E-state index in [9.17, 15) is 14.7 Å². The summed E-state index contributed by atoms with van der Waals surface area (Å²) in [4.78, 5) is 23.2. The van der Waals surface area contributed by atoms with Crippen molar-refractivity contribution in [2.45, 2.75) is 32.4 Å². The average Bonchev–Trinajstić information content (AvgIpc) is 2.43. The van der Waals surface area contributed by atoms with Crippen LogP contribution in [-0.4, -0.2) is 47.3 Å². The minimum atomic E-state index is -1.07. The van der Waals surface area contributed by atoms with Gasteiger partial charge in [0.15, 0.2) is 5.78 Å². The van der Waals surface area contributed by atoms with Crippen LogP contribution in [0.4, 0.5) is 0 Å². The number of hydrogen-bond acceptors (Lipinski definition) is 5. The monoisotopic (exact) mass is 295 g/mol. The molecule has 2 unspecified atom stereocenters. The molecule has 0 bridgehead atoms. The summed E-state index contributed by atoms with van der Waals surface area (Å²) in [6, 6.07) is 5.68. The number of aliphatic hydroxyl groups excluding tert-OH is 1. The Morgan fingerprint density at radius 1 is 1.29 bits per heavy atom. The molecular formula is C15H21NO5. The smallest absolute Gasteiger partial charge is 0.305 e. The molecule has 6 heteroatoms. The summed E-state index contributed by atoms with van der Waals surface area (Å²) in [7, 11) is 0. The van der Waals surface area contributed by atoms with Gasteiger partial charge in [-0.25, -0.2) is 0 Å². The maximum atomic E-state index is 12.3. The van der Waals surface area contributed by atoms with Gasteiger partial charge in [0.25, 0.3) is 0 Å². The summed E-state index contributed by atoms with van der Waals surface area (Å²) in [5.41, 5.74) is 0.405. The predicted molar refractivity (Wildman–Crippen MR) is 77.7 cm³/mol. The molecule has 116 valence electrons. The topological polar surface area (TPSA) is 95.9 Å². The van der Waals surface area contributed by atoms with Crippen LogP contribution in [0.15, 0.2) is 24.3 Å². The van der Waals surface area contributed by atoms with E-state index in [1.807, 2.05) is 6.92 Å². The number of aliphatic hydroxyl groups is 1. The number of Topliss-reactive ketones (excluding diaryl/α,β-unsaturated/α-hetero) is 1. The number of rotatable bonds is 9. The molecule has 0 spiro atoms. The summed E-state index contributed by atoms with van der Waals surface area (Å²) in [5, 5.41) is 20.9. The molecule has 3 N–H and O–H groups in total. The Morgan fingerprint density at radius 2 is 1.90 bits per heavy atom. The fraction of sp³-hybridized carbons (Fsp3) is 0.467. The molecule has 6 nitrogen and oxygen atoms in total. The highest BCUT2D eigenvalue weighted by Gasteiger charge is 2.22. The van der Waals surface area contributed by atoms with E-state index in [0.717, 1.165) is 0 Å². The van der Waals surface area contributed by atoms with Gasteiger partial charge in [0.1, 0.15) is 5.75 Å². The largest absolute Gasteiger partial charge is 0.494 e. The summed E-state index contributed by atoms with van der Waals surface area (Å²) >= 11 is 0. The zero-order valence-corrected chi connectivity index (χ0v) is 12.2. The van der Waals surface area contributed by atoms with E-state index in [1.54, 1.807) is 31.2 Å². The molecule has 0 radical (unpaired) electrons. The molecule has 0 heterocycles. The number of ether oxygens (including phenoxy) is 1. The van der Waals surface area contributed by atoms with Crippen LogP contribution in [0.1, 0.15) is 30.6 Å². The minimum Gasteiger partial charge on any atom is -0.494 e. The van der Waals surface area contributed by atoms with Crippen molar-refractivity contribution in [2.24, 2.45) is 0 Å². The lowest BCUT2D eigenvalue weighted by Crippen LogP contribution is -2.41. The van der Waals surface area contributed by atoms with Gasteiger partial charge in [0.05, 0.1) is 25.2 Å². The number of ketones is 1. The van der Waals surface area contributed by atoms with Crippen molar-refractivity contribution in [1.29, 1.82) is 0 Å². The van der Waals surface area contributed by atoms with Gasteiger partial charge in [-0.05, 0) is 38.1 Å². The second-order valence-electron chi connectivity index (χ2n) is 4.73. The number of carboxylic acids is 1. The Hall–Kier alpha value is -1.92. The highest BCUT2D eigenvalue weighted by molar-refractivity contribution is 6.01. The van der Waals surface area contributed by atoms with Crippen molar-refractivity contribution in [1.82, 2.24) is 5.32 Å². The number of carboxylic acid groups (broad SMARTS) is 1. The predicted octanol–water partition coefficient (Wildman–Crippen LogP) is 1.08. The molecule has 0 saturated heterocycles. The second-order valence-corrected chi connectivity index (χ2v) is 4.73. The lowest BCUT2D eigenvalue weighted by Gasteiger charge is -2.17. The van der Waals surface area contributed by atoms with Crippen LogP contribution in [0, 0.1) is 0 Å². The summed E-state index contributed by atoms with van der Waals surface area (Å²) in [5.74, 6) is -0.737. The first-order valence-electron chi connectivity index (χ1n) is 6.84. The van der Waals surface area contributed by atoms with E-state index in [1.165, 1.54) is 0 Å². The molecule has 0 aromatic heterocycles. The van der Waals surface area contributed by atoms with Crippen molar-refractivity contribution >= 4 is 11.8 Å². The molecule has 0 saturated carbocycles. The van der Waals surface area contributed by atoms with E-state index < -0.39 is 18.1 Å². The molecule has 0 aliphatic heterocycles. The molecular weight excluding hydrogens is 274 g/mol. The van der Waals surface area contributed by atoms with Gasteiger partial charge in [-0.15, -0.1) is 0 Å². The Morgan fingerprint density at radius 3 is 2.38 bits per heavy atom. The second kappa shape index (κ2) is 8.39. The fourth-order valence-electron chi connectivity index (χ4n) is 1.83. The highest BCUT2D eigenvalue weighted by Crippen LogP contribution is 2.14. The zero-order chi connectivity index (χ0) is 15.8. The van der Waals surface area contributed by atoms with E-state index in [4.69, 9.17) is 9.84 Å². The highest BCUT2D eigenvalue weighted by atomic mass is 16.5. The molecule has 1 rings (SSSR count). The van der Waals surface area contributed by atoms with Gasteiger partial charge >= 0.3 is 5.97 Å². The lowest BCUT2D eigenvalue weighted by molar-refractivity contribution is -0.137. The molecule has 1 aromatic carbocycles. The minimum absolute atomic E-state index is 0.153. The normalized spacial score (nSPS) is 13.5. The molecule has 1 aromatic rings. The van der Waals surface area contributed by atoms with Gasteiger partial charge in [0.2, 0.25) is 0 Å². The number of benzene rings is 1. The van der Waals surface area contributed by atoms with Crippen molar-refractivity contribution in [3.8, 4) is 5.75 Å². The van der Waals surface area contributed by atoms with Crippen LogP contribution >= 0.6 is 0 Å². The van der Waals surface area contributed by atoms with Gasteiger partial charge < -0.3 is 20.3 Å². The number of carbonyl (C=O) groups is 2. The third-order valence-corrected chi connectivity index (χ3v) is 2.80. The summed E-state index contributed by atoms with van der Waals surface area (Å²) < 4.78 is 5.29. The van der Waals surface area contributed by atoms with Crippen molar-refractivity contribution in [3.63, 3.8) is 0 Å². The SMILES string of the molecule is CCOc1ccc(C(=O)C(CC(=O)O)NCC(C)O)cc1. The molecule has 21 heavy (non-hydrogen) atoms. The number of hydrogen-bond donors (Lipinski definition) is 3. The number of carbonyl (C=O) groups excluding carboxylic acids is 1. The van der Waals surface area contributed by atoms with Crippen LogP contribution in [-0.2, 0) is 4.79 Å². The van der Waals surface area contributed by atoms with Crippen molar-refractivity contribution in [2.75, 3.05) is 13.2 Å². The van der Waals surface area contributed by atoms with Crippen LogP contribution in [0.3, 0.4) is 0 Å². The van der Waals surface area contributed by atoms with Gasteiger partial charge in [-0.2, -0.15) is 0 Å². The Labute approximate surface area is 123 Å². The molecule has 0 aliphatic carbocycles. The number of nitrogens with one attached hydrogen (secondary N) is 1.